The second-order valence-corrected chi connectivity index (χ2v) is 4.35. The van der Waals surface area contributed by atoms with Gasteiger partial charge in [-0.25, -0.2) is 4.79 Å². The zero-order valence-corrected chi connectivity index (χ0v) is 11.3. The maximum Gasteiger partial charge on any atom is 0.342 e. The van der Waals surface area contributed by atoms with Crippen molar-refractivity contribution in [2.24, 2.45) is 0 Å². The Bertz CT molecular complexity index is 555. The monoisotopic (exact) mass is 272 g/mol. The van der Waals surface area contributed by atoms with E-state index >= 15 is 0 Å². The van der Waals surface area contributed by atoms with E-state index < -0.39 is 11.8 Å². The predicted molar refractivity (Wildman–Crippen MR) is 74.7 cm³/mol. The predicted octanol–water partition coefficient (Wildman–Crippen LogP) is 2.51. The fourth-order valence-corrected chi connectivity index (χ4v) is 1.89. The van der Waals surface area contributed by atoms with Crippen molar-refractivity contribution < 1.29 is 19.1 Å². The molecule has 20 heavy (non-hydrogen) atoms. The number of ether oxygens (including phenoxy) is 2. The lowest BCUT2D eigenvalue weighted by molar-refractivity contribution is -0.137. The van der Waals surface area contributed by atoms with Gasteiger partial charge in [0, 0.05) is 0 Å². The van der Waals surface area contributed by atoms with Crippen LogP contribution in [0.15, 0.2) is 47.7 Å². The van der Waals surface area contributed by atoms with Gasteiger partial charge < -0.3 is 9.47 Å². The molecule has 0 radical (unpaired) electrons. The number of benzene rings is 1. The highest BCUT2D eigenvalue weighted by Crippen LogP contribution is 2.18. The van der Waals surface area contributed by atoms with Gasteiger partial charge in [0.2, 0.25) is 5.78 Å². The number of allylic oxidation sites excluding steroid dienone is 2. The van der Waals surface area contributed by atoms with E-state index in [1.165, 1.54) is 13.2 Å². The van der Waals surface area contributed by atoms with Gasteiger partial charge in [-0.3, -0.25) is 4.79 Å². The largest absolute Gasteiger partial charge is 0.490 e. The first-order chi connectivity index (χ1) is 9.72. The lowest BCUT2D eigenvalue weighted by Gasteiger charge is -2.14. The first-order valence-corrected chi connectivity index (χ1v) is 6.45. The smallest absolute Gasteiger partial charge is 0.342 e. The first-order valence-electron chi connectivity index (χ1n) is 6.45. The summed E-state index contributed by atoms with van der Waals surface area (Å²) in [7, 11) is 1.25. The Morgan fingerprint density at radius 1 is 1.25 bits per heavy atom. The number of hydrogen-bond acceptors (Lipinski definition) is 4. The second kappa shape index (κ2) is 6.70. The SMILES string of the molecule is COC(=O)/C(=C\c1ccccc1)C(=O)C1=CCCCO1. The molecular weight excluding hydrogens is 256 g/mol. The topological polar surface area (TPSA) is 52.6 Å². The molecule has 1 aliphatic heterocycles. The molecule has 4 heteroatoms. The van der Waals surface area contributed by atoms with E-state index in [0.29, 0.717) is 6.61 Å². The average molecular weight is 272 g/mol. The molecule has 0 unspecified atom stereocenters. The van der Waals surface area contributed by atoms with Gasteiger partial charge in [0.15, 0.2) is 5.76 Å². The third-order valence-electron chi connectivity index (χ3n) is 2.92. The Balaban J connectivity index is 2.33. The molecule has 0 spiro atoms. The van der Waals surface area contributed by atoms with Gasteiger partial charge in [-0.1, -0.05) is 30.3 Å². The maximum atomic E-state index is 12.3. The molecule has 4 nitrogen and oxygen atoms in total. The fourth-order valence-electron chi connectivity index (χ4n) is 1.89. The molecule has 0 aromatic heterocycles. The van der Waals surface area contributed by atoms with E-state index in [9.17, 15) is 9.59 Å². The number of rotatable bonds is 4. The van der Waals surface area contributed by atoms with Crippen LogP contribution in [0.1, 0.15) is 18.4 Å². The second-order valence-electron chi connectivity index (χ2n) is 4.35. The van der Waals surface area contributed by atoms with Crippen LogP contribution in [0.2, 0.25) is 0 Å². The Kier molecular flexibility index (Phi) is 4.71. The van der Waals surface area contributed by atoms with E-state index in [-0.39, 0.29) is 11.3 Å². The van der Waals surface area contributed by atoms with Crippen LogP contribution in [0.25, 0.3) is 6.08 Å². The van der Waals surface area contributed by atoms with Crippen LogP contribution in [-0.2, 0) is 19.1 Å². The molecule has 1 aromatic carbocycles. The molecule has 0 fully saturated rings. The zero-order valence-electron chi connectivity index (χ0n) is 11.3. The van der Waals surface area contributed by atoms with Crippen molar-refractivity contribution in [3.8, 4) is 0 Å². The first kappa shape index (κ1) is 14.1. The van der Waals surface area contributed by atoms with Gasteiger partial charge in [0.25, 0.3) is 0 Å². The third kappa shape index (κ3) is 3.35. The summed E-state index contributed by atoms with van der Waals surface area (Å²) in [5, 5.41) is 0. The number of carbonyl (C=O) groups excluding carboxylic acids is 2. The highest BCUT2D eigenvalue weighted by atomic mass is 16.5. The number of esters is 1. The molecule has 1 aliphatic rings. The fraction of sp³-hybridized carbons (Fsp3) is 0.250. The van der Waals surface area contributed by atoms with E-state index in [1.54, 1.807) is 6.08 Å². The number of Topliss-reactive ketones (excluding diaryl/α,β-unsaturated/α-hetero) is 1. The maximum absolute atomic E-state index is 12.3. The number of carbonyl (C=O) groups is 2. The van der Waals surface area contributed by atoms with Crippen LogP contribution >= 0.6 is 0 Å². The summed E-state index contributed by atoms with van der Waals surface area (Å²) >= 11 is 0. The summed E-state index contributed by atoms with van der Waals surface area (Å²) in [6.07, 6.45) is 4.90. The zero-order chi connectivity index (χ0) is 14.4. The molecule has 0 atom stereocenters. The van der Waals surface area contributed by atoms with Gasteiger partial charge in [0.1, 0.15) is 5.57 Å². The Labute approximate surface area is 117 Å². The highest BCUT2D eigenvalue weighted by molar-refractivity contribution is 6.26. The molecule has 104 valence electrons. The molecule has 2 rings (SSSR count). The summed E-state index contributed by atoms with van der Waals surface area (Å²) < 4.78 is 10.0. The van der Waals surface area contributed by atoms with Crippen LogP contribution in [0.5, 0.6) is 0 Å². The lowest BCUT2D eigenvalue weighted by Crippen LogP contribution is -2.19. The van der Waals surface area contributed by atoms with Gasteiger partial charge in [-0.05, 0) is 30.6 Å². The minimum atomic E-state index is -0.658. The quantitative estimate of drug-likeness (QED) is 0.366. The minimum Gasteiger partial charge on any atom is -0.490 e. The molecule has 0 N–H and O–H groups in total. The summed E-state index contributed by atoms with van der Waals surface area (Å²) in [5.41, 5.74) is 0.740. The summed E-state index contributed by atoms with van der Waals surface area (Å²) in [6.45, 7) is 0.497. The van der Waals surface area contributed by atoms with Crippen molar-refractivity contribution in [3.63, 3.8) is 0 Å². The molecule has 1 aromatic rings. The molecule has 0 saturated carbocycles. The van der Waals surface area contributed by atoms with Crippen molar-refractivity contribution in [2.45, 2.75) is 12.8 Å². The van der Waals surface area contributed by atoms with Crippen molar-refractivity contribution in [2.75, 3.05) is 13.7 Å². The van der Waals surface area contributed by atoms with Crippen molar-refractivity contribution in [1.29, 1.82) is 0 Å². The molecule has 0 amide bonds. The lowest BCUT2D eigenvalue weighted by atomic mass is 10.0. The summed E-state index contributed by atoms with van der Waals surface area (Å²) in [4.78, 5) is 24.1. The molecule has 0 saturated heterocycles. The normalized spacial score (nSPS) is 15.1. The highest BCUT2D eigenvalue weighted by Gasteiger charge is 2.24. The third-order valence-corrected chi connectivity index (χ3v) is 2.92. The summed E-state index contributed by atoms with van der Waals surface area (Å²) in [5.74, 6) is -0.863. The number of methoxy groups -OCH3 is 1. The number of hydrogen-bond donors (Lipinski definition) is 0. The van der Waals surface area contributed by atoms with Crippen LogP contribution < -0.4 is 0 Å². The van der Waals surface area contributed by atoms with Crippen LogP contribution in [0.4, 0.5) is 0 Å². The molecule has 1 heterocycles. The van der Waals surface area contributed by atoms with Crippen LogP contribution in [0.3, 0.4) is 0 Å². The van der Waals surface area contributed by atoms with E-state index in [0.717, 1.165) is 18.4 Å². The van der Waals surface area contributed by atoms with Gasteiger partial charge in [-0.15, -0.1) is 0 Å². The minimum absolute atomic E-state index is 0.0214. The van der Waals surface area contributed by atoms with E-state index in [1.807, 2.05) is 30.3 Å². The Morgan fingerprint density at radius 3 is 2.60 bits per heavy atom. The van der Waals surface area contributed by atoms with Gasteiger partial charge in [0.05, 0.1) is 13.7 Å². The van der Waals surface area contributed by atoms with Gasteiger partial charge in [-0.2, -0.15) is 0 Å². The van der Waals surface area contributed by atoms with Crippen LogP contribution in [-0.4, -0.2) is 25.5 Å². The van der Waals surface area contributed by atoms with Crippen molar-refractivity contribution >= 4 is 17.8 Å². The standard InChI is InChI=1S/C16H16O4/c1-19-16(18)13(11-12-7-3-2-4-8-12)15(17)14-9-5-6-10-20-14/h2-4,7-9,11H,5-6,10H2,1H3/b13-11-. The number of ketones is 1. The van der Waals surface area contributed by atoms with Crippen LogP contribution in [0, 0.1) is 0 Å². The van der Waals surface area contributed by atoms with Crippen molar-refractivity contribution in [3.05, 3.63) is 53.3 Å². The molecule has 0 bridgehead atoms. The summed E-state index contributed by atoms with van der Waals surface area (Å²) in [6, 6.07) is 9.16. The van der Waals surface area contributed by atoms with E-state index in [2.05, 4.69) is 4.74 Å². The Hall–Kier alpha value is -2.36. The molecular formula is C16H16O4. The molecule has 0 aliphatic carbocycles. The average Bonchev–Trinajstić information content (AvgIpc) is 2.53. The van der Waals surface area contributed by atoms with Crippen molar-refractivity contribution in [1.82, 2.24) is 0 Å². The van der Waals surface area contributed by atoms with E-state index in [4.69, 9.17) is 4.74 Å². The van der Waals surface area contributed by atoms with Gasteiger partial charge >= 0.3 is 5.97 Å². The Morgan fingerprint density at radius 2 is 2.00 bits per heavy atom.